The normalized spacial score (nSPS) is 10.8. The van der Waals surface area contributed by atoms with Gasteiger partial charge in [0, 0.05) is 17.5 Å². The average Bonchev–Trinajstić information content (AvgIpc) is 2.56. The second-order valence-electron chi connectivity index (χ2n) is 5.93. The third-order valence-electron chi connectivity index (χ3n) is 3.60. The van der Waals surface area contributed by atoms with Crippen LogP contribution >= 0.6 is 11.8 Å². The Balaban J connectivity index is 1.93. The topological polar surface area (TPSA) is 49.4 Å². The highest BCUT2D eigenvalue weighted by Crippen LogP contribution is 2.23. The van der Waals surface area contributed by atoms with Gasteiger partial charge < -0.3 is 10.2 Å². The van der Waals surface area contributed by atoms with Crippen molar-refractivity contribution >= 4 is 34.3 Å². The van der Waals surface area contributed by atoms with Crippen molar-refractivity contribution in [2.24, 2.45) is 0 Å². The molecular weight excluding hydrogens is 320 g/mol. The van der Waals surface area contributed by atoms with Crippen molar-refractivity contribution in [3.63, 3.8) is 0 Å². The SMILES string of the molecule is CCN(CC(=O)NC(C)C)C(=O)CSc1ccc2ccccc2c1. The predicted octanol–water partition coefficient (Wildman–Crippen LogP) is 3.31. The number of carbonyl (C=O) groups is 2. The zero-order valence-corrected chi connectivity index (χ0v) is 15.2. The molecule has 1 N–H and O–H groups in total. The fourth-order valence-corrected chi connectivity index (χ4v) is 3.26. The lowest BCUT2D eigenvalue weighted by molar-refractivity contribution is -0.134. The molecule has 4 nitrogen and oxygen atoms in total. The lowest BCUT2D eigenvalue weighted by Gasteiger charge is -2.21. The number of amides is 2. The molecule has 0 aromatic heterocycles. The largest absolute Gasteiger partial charge is 0.352 e. The van der Waals surface area contributed by atoms with Crippen LogP contribution in [0.1, 0.15) is 20.8 Å². The second-order valence-corrected chi connectivity index (χ2v) is 6.98. The fourth-order valence-electron chi connectivity index (χ4n) is 2.41. The first kappa shape index (κ1) is 18.3. The van der Waals surface area contributed by atoms with E-state index in [0.717, 1.165) is 4.90 Å². The number of hydrogen-bond acceptors (Lipinski definition) is 3. The number of thioether (sulfide) groups is 1. The lowest BCUT2D eigenvalue weighted by atomic mass is 10.1. The molecule has 0 saturated carbocycles. The van der Waals surface area contributed by atoms with Crippen LogP contribution < -0.4 is 5.32 Å². The molecule has 0 fully saturated rings. The van der Waals surface area contributed by atoms with Crippen molar-refractivity contribution in [2.45, 2.75) is 31.7 Å². The summed E-state index contributed by atoms with van der Waals surface area (Å²) in [5, 5.41) is 5.17. The summed E-state index contributed by atoms with van der Waals surface area (Å²) < 4.78 is 0. The van der Waals surface area contributed by atoms with E-state index in [1.807, 2.05) is 39.0 Å². The Morgan fingerprint density at radius 1 is 1.12 bits per heavy atom. The molecule has 0 saturated heterocycles. The molecule has 0 aliphatic rings. The smallest absolute Gasteiger partial charge is 0.239 e. The number of likely N-dealkylation sites (N-methyl/N-ethyl adjacent to an activating group) is 1. The Kier molecular flexibility index (Phi) is 6.67. The molecule has 128 valence electrons. The Bertz CT molecular complexity index is 715. The quantitative estimate of drug-likeness (QED) is 0.784. The fraction of sp³-hybridized carbons (Fsp3) is 0.368. The molecule has 2 rings (SSSR count). The maximum Gasteiger partial charge on any atom is 0.239 e. The Morgan fingerprint density at radius 2 is 1.83 bits per heavy atom. The van der Waals surface area contributed by atoms with Crippen LogP contribution in [0, 0.1) is 0 Å². The first-order chi connectivity index (χ1) is 11.5. The van der Waals surface area contributed by atoms with Gasteiger partial charge in [0.15, 0.2) is 0 Å². The molecule has 2 amide bonds. The van der Waals surface area contributed by atoms with Gasteiger partial charge in [-0.25, -0.2) is 0 Å². The Labute approximate surface area is 147 Å². The third kappa shape index (κ3) is 5.27. The zero-order chi connectivity index (χ0) is 17.5. The maximum absolute atomic E-state index is 12.4. The van der Waals surface area contributed by atoms with Gasteiger partial charge in [-0.3, -0.25) is 9.59 Å². The van der Waals surface area contributed by atoms with Crippen LogP contribution in [0.4, 0.5) is 0 Å². The van der Waals surface area contributed by atoms with Crippen molar-refractivity contribution in [1.82, 2.24) is 10.2 Å². The average molecular weight is 344 g/mol. The van der Waals surface area contributed by atoms with E-state index in [4.69, 9.17) is 0 Å². The highest BCUT2D eigenvalue weighted by atomic mass is 32.2. The molecule has 2 aromatic carbocycles. The summed E-state index contributed by atoms with van der Waals surface area (Å²) >= 11 is 1.51. The van der Waals surface area contributed by atoms with Crippen LogP contribution in [0.3, 0.4) is 0 Å². The zero-order valence-electron chi connectivity index (χ0n) is 14.4. The van der Waals surface area contributed by atoms with Gasteiger partial charge in [-0.05, 0) is 43.7 Å². The van der Waals surface area contributed by atoms with Gasteiger partial charge in [0.1, 0.15) is 0 Å². The van der Waals surface area contributed by atoms with E-state index in [1.165, 1.54) is 22.5 Å². The van der Waals surface area contributed by atoms with Crippen molar-refractivity contribution < 1.29 is 9.59 Å². The maximum atomic E-state index is 12.4. The Morgan fingerprint density at radius 3 is 2.50 bits per heavy atom. The molecule has 0 spiro atoms. The first-order valence-electron chi connectivity index (χ1n) is 8.18. The van der Waals surface area contributed by atoms with Crippen LogP contribution in [-0.4, -0.2) is 41.6 Å². The molecule has 0 aliphatic heterocycles. The van der Waals surface area contributed by atoms with Gasteiger partial charge in [0.05, 0.1) is 12.3 Å². The number of nitrogens with zero attached hydrogens (tertiary/aromatic N) is 1. The minimum absolute atomic E-state index is 0.0189. The van der Waals surface area contributed by atoms with Gasteiger partial charge in [-0.15, -0.1) is 11.8 Å². The van der Waals surface area contributed by atoms with Crippen LogP contribution in [0.2, 0.25) is 0 Å². The summed E-state index contributed by atoms with van der Waals surface area (Å²) in [5.41, 5.74) is 0. The van der Waals surface area contributed by atoms with Crippen molar-refractivity contribution in [3.05, 3.63) is 42.5 Å². The summed E-state index contributed by atoms with van der Waals surface area (Å²) in [7, 11) is 0. The molecule has 0 bridgehead atoms. The highest BCUT2D eigenvalue weighted by Gasteiger charge is 2.16. The van der Waals surface area contributed by atoms with E-state index in [9.17, 15) is 9.59 Å². The number of hydrogen-bond donors (Lipinski definition) is 1. The minimum Gasteiger partial charge on any atom is -0.352 e. The number of rotatable bonds is 7. The molecule has 0 unspecified atom stereocenters. The summed E-state index contributed by atoms with van der Waals surface area (Å²) in [5.74, 6) is 0.201. The highest BCUT2D eigenvalue weighted by molar-refractivity contribution is 8.00. The van der Waals surface area contributed by atoms with Gasteiger partial charge in [-0.2, -0.15) is 0 Å². The van der Waals surface area contributed by atoms with Gasteiger partial charge >= 0.3 is 0 Å². The summed E-state index contributed by atoms with van der Waals surface area (Å²) in [6, 6.07) is 14.4. The second kappa shape index (κ2) is 8.73. The van der Waals surface area contributed by atoms with Crippen LogP contribution in [-0.2, 0) is 9.59 Å². The number of carbonyl (C=O) groups excluding carboxylic acids is 2. The number of fused-ring (bicyclic) bond motifs is 1. The predicted molar refractivity (Wildman–Crippen MR) is 100 cm³/mol. The molecule has 0 radical (unpaired) electrons. The summed E-state index contributed by atoms with van der Waals surface area (Å²) in [4.78, 5) is 26.8. The van der Waals surface area contributed by atoms with Gasteiger partial charge in [0.2, 0.25) is 11.8 Å². The number of nitrogens with one attached hydrogen (secondary N) is 1. The monoisotopic (exact) mass is 344 g/mol. The molecule has 2 aromatic rings. The molecular formula is C19H24N2O2S. The van der Waals surface area contributed by atoms with E-state index in [2.05, 4.69) is 29.6 Å². The minimum atomic E-state index is -0.115. The molecule has 0 aliphatic carbocycles. The van der Waals surface area contributed by atoms with E-state index in [-0.39, 0.29) is 24.4 Å². The summed E-state index contributed by atoms with van der Waals surface area (Å²) in [6.07, 6.45) is 0. The summed E-state index contributed by atoms with van der Waals surface area (Å²) in [6.45, 7) is 6.35. The first-order valence-corrected chi connectivity index (χ1v) is 9.17. The standard InChI is InChI=1S/C19H24N2O2S/c1-4-21(12-18(22)20-14(2)3)19(23)13-24-17-10-9-15-7-5-6-8-16(15)11-17/h5-11,14H,4,12-13H2,1-3H3,(H,20,22). The van der Waals surface area contributed by atoms with E-state index >= 15 is 0 Å². The molecule has 24 heavy (non-hydrogen) atoms. The number of benzene rings is 2. The van der Waals surface area contributed by atoms with E-state index in [0.29, 0.717) is 12.3 Å². The van der Waals surface area contributed by atoms with Crippen LogP contribution in [0.15, 0.2) is 47.4 Å². The van der Waals surface area contributed by atoms with E-state index in [1.54, 1.807) is 4.90 Å². The molecule has 0 atom stereocenters. The van der Waals surface area contributed by atoms with Gasteiger partial charge in [-0.1, -0.05) is 30.3 Å². The van der Waals surface area contributed by atoms with Crippen LogP contribution in [0.25, 0.3) is 10.8 Å². The van der Waals surface area contributed by atoms with Crippen molar-refractivity contribution in [2.75, 3.05) is 18.8 Å². The van der Waals surface area contributed by atoms with Crippen LogP contribution in [0.5, 0.6) is 0 Å². The molecule has 5 heteroatoms. The van der Waals surface area contributed by atoms with Crippen molar-refractivity contribution in [1.29, 1.82) is 0 Å². The Hall–Kier alpha value is -2.01. The third-order valence-corrected chi connectivity index (χ3v) is 4.58. The van der Waals surface area contributed by atoms with E-state index < -0.39 is 0 Å². The lowest BCUT2D eigenvalue weighted by Crippen LogP contribution is -2.43. The van der Waals surface area contributed by atoms with Gasteiger partial charge in [0.25, 0.3) is 0 Å². The molecule has 0 heterocycles. The van der Waals surface area contributed by atoms with Crippen molar-refractivity contribution in [3.8, 4) is 0 Å².